The van der Waals surface area contributed by atoms with Crippen molar-refractivity contribution < 1.29 is 14.4 Å². The topological polar surface area (TPSA) is 81.3 Å². The number of phenols is 1. The number of pyridine rings is 1. The average molecular weight is 283 g/mol. The van der Waals surface area contributed by atoms with Gasteiger partial charge in [0.25, 0.3) is 5.89 Å². The van der Waals surface area contributed by atoms with Crippen LogP contribution in [0.4, 0.5) is 0 Å². The van der Waals surface area contributed by atoms with E-state index in [9.17, 15) is 5.11 Å². The number of rotatable bonds is 3. The Labute approximate surface area is 121 Å². The normalized spacial score (nSPS) is 10.6. The van der Waals surface area contributed by atoms with E-state index in [1.165, 1.54) is 13.2 Å². The van der Waals surface area contributed by atoms with Crippen molar-refractivity contribution in [2.75, 3.05) is 7.11 Å². The summed E-state index contributed by atoms with van der Waals surface area (Å²) in [5.74, 6) is 1.18. The van der Waals surface area contributed by atoms with Gasteiger partial charge in [-0.1, -0.05) is 11.2 Å². The Balaban J connectivity index is 1.98. The molecule has 0 unspecified atom stereocenters. The SMILES string of the molecule is COc1ccc(-c2nc(-c3cccc(C)n3)no2)c(O)c1. The van der Waals surface area contributed by atoms with Gasteiger partial charge in [-0.25, -0.2) is 4.98 Å². The maximum atomic E-state index is 9.98. The molecule has 0 radical (unpaired) electrons. The first-order valence-electron chi connectivity index (χ1n) is 6.32. The van der Waals surface area contributed by atoms with Gasteiger partial charge in [0.15, 0.2) is 0 Å². The van der Waals surface area contributed by atoms with E-state index in [-0.39, 0.29) is 11.6 Å². The third kappa shape index (κ3) is 2.55. The fourth-order valence-electron chi connectivity index (χ4n) is 1.92. The first-order chi connectivity index (χ1) is 10.2. The van der Waals surface area contributed by atoms with Crippen molar-refractivity contribution in [3.05, 3.63) is 42.1 Å². The lowest BCUT2D eigenvalue weighted by atomic mass is 10.2. The second-order valence-electron chi connectivity index (χ2n) is 4.47. The molecule has 0 bridgehead atoms. The van der Waals surface area contributed by atoms with Gasteiger partial charge in [0.2, 0.25) is 5.82 Å². The second kappa shape index (κ2) is 5.24. The predicted molar refractivity (Wildman–Crippen MR) is 75.9 cm³/mol. The van der Waals surface area contributed by atoms with Crippen LogP contribution in [0, 0.1) is 6.92 Å². The quantitative estimate of drug-likeness (QED) is 0.796. The van der Waals surface area contributed by atoms with Gasteiger partial charge in [-0.15, -0.1) is 0 Å². The standard InChI is InChI=1S/C15H13N3O3/c1-9-4-3-5-12(16-9)14-17-15(21-18-14)11-7-6-10(20-2)8-13(11)19/h3-8,19H,1-2H3. The number of phenolic OH excluding ortho intramolecular Hbond substituents is 1. The van der Waals surface area contributed by atoms with Gasteiger partial charge in [0.1, 0.15) is 17.2 Å². The van der Waals surface area contributed by atoms with Crippen molar-refractivity contribution in [2.24, 2.45) is 0 Å². The molecule has 3 rings (SSSR count). The van der Waals surface area contributed by atoms with Gasteiger partial charge in [0.05, 0.1) is 12.7 Å². The molecule has 2 heterocycles. The van der Waals surface area contributed by atoms with Crippen molar-refractivity contribution in [2.45, 2.75) is 6.92 Å². The summed E-state index contributed by atoms with van der Waals surface area (Å²) >= 11 is 0. The van der Waals surface area contributed by atoms with E-state index in [0.29, 0.717) is 22.8 Å². The van der Waals surface area contributed by atoms with E-state index < -0.39 is 0 Å². The van der Waals surface area contributed by atoms with Crippen LogP contribution in [0.15, 0.2) is 40.9 Å². The van der Waals surface area contributed by atoms with E-state index in [2.05, 4.69) is 15.1 Å². The molecule has 2 aromatic heterocycles. The highest BCUT2D eigenvalue weighted by Crippen LogP contribution is 2.32. The van der Waals surface area contributed by atoms with Crippen LogP contribution in [0.1, 0.15) is 5.69 Å². The smallest absolute Gasteiger partial charge is 0.262 e. The molecule has 0 aliphatic heterocycles. The molecular weight excluding hydrogens is 270 g/mol. The van der Waals surface area contributed by atoms with Crippen molar-refractivity contribution in [3.8, 4) is 34.5 Å². The Morgan fingerprint density at radius 2 is 2.00 bits per heavy atom. The van der Waals surface area contributed by atoms with E-state index in [4.69, 9.17) is 9.26 Å². The Bertz CT molecular complexity index is 783. The molecule has 6 nitrogen and oxygen atoms in total. The number of methoxy groups -OCH3 is 1. The maximum Gasteiger partial charge on any atom is 0.262 e. The zero-order valence-corrected chi connectivity index (χ0v) is 11.6. The fraction of sp³-hybridized carbons (Fsp3) is 0.133. The number of aromatic nitrogens is 3. The number of aryl methyl sites for hydroxylation is 1. The minimum atomic E-state index is 0.0155. The van der Waals surface area contributed by atoms with Crippen molar-refractivity contribution in [1.29, 1.82) is 0 Å². The van der Waals surface area contributed by atoms with E-state index in [1.807, 2.05) is 19.1 Å². The van der Waals surface area contributed by atoms with E-state index in [0.717, 1.165) is 5.69 Å². The minimum Gasteiger partial charge on any atom is -0.507 e. The van der Waals surface area contributed by atoms with Crippen LogP contribution in [0.5, 0.6) is 11.5 Å². The molecule has 0 saturated heterocycles. The largest absolute Gasteiger partial charge is 0.507 e. The molecule has 1 aromatic carbocycles. The zero-order chi connectivity index (χ0) is 14.8. The van der Waals surface area contributed by atoms with Crippen LogP contribution in [-0.4, -0.2) is 27.3 Å². The number of hydrogen-bond acceptors (Lipinski definition) is 6. The Kier molecular flexibility index (Phi) is 3.27. The molecule has 0 aliphatic rings. The molecule has 1 N–H and O–H groups in total. The second-order valence-corrected chi connectivity index (χ2v) is 4.47. The van der Waals surface area contributed by atoms with Crippen LogP contribution in [-0.2, 0) is 0 Å². The van der Waals surface area contributed by atoms with Gasteiger partial charge < -0.3 is 14.4 Å². The summed E-state index contributed by atoms with van der Waals surface area (Å²) in [6.45, 7) is 1.89. The monoisotopic (exact) mass is 283 g/mol. The summed E-state index contributed by atoms with van der Waals surface area (Å²) in [4.78, 5) is 8.60. The molecule has 106 valence electrons. The number of nitrogens with zero attached hydrogens (tertiary/aromatic N) is 3. The maximum absolute atomic E-state index is 9.98. The van der Waals surface area contributed by atoms with Gasteiger partial charge in [0, 0.05) is 11.8 Å². The summed E-state index contributed by atoms with van der Waals surface area (Å²) in [5, 5.41) is 13.9. The van der Waals surface area contributed by atoms with Gasteiger partial charge >= 0.3 is 0 Å². The van der Waals surface area contributed by atoms with Crippen molar-refractivity contribution in [1.82, 2.24) is 15.1 Å². The van der Waals surface area contributed by atoms with Gasteiger partial charge in [-0.2, -0.15) is 4.98 Å². The number of hydrogen-bond donors (Lipinski definition) is 1. The summed E-state index contributed by atoms with van der Waals surface area (Å²) in [6, 6.07) is 10.4. The number of aromatic hydroxyl groups is 1. The number of ether oxygens (including phenoxy) is 1. The fourth-order valence-corrected chi connectivity index (χ4v) is 1.92. The summed E-state index contributed by atoms with van der Waals surface area (Å²) < 4.78 is 10.2. The Morgan fingerprint density at radius 1 is 1.14 bits per heavy atom. The molecule has 0 fully saturated rings. The van der Waals surface area contributed by atoms with Gasteiger partial charge in [-0.3, -0.25) is 0 Å². The molecular formula is C15H13N3O3. The lowest BCUT2D eigenvalue weighted by Gasteiger charge is -2.02. The molecule has 0 spiro atoms. The Hall–Kier alpha value is -2.89. The summed E-state index contributed by atoms with van der Waals surface area (Å²) in [7, 11) is 1.53. The first-order valence-corrected chi connectivity index (χ1v) is 6.32. The summed E-state index contributed by atoms with van der Waals surface area (Å²) in [6.07, 6.45) is 0. The predicted octanol–water partition coefficient (Wildman–Crippen LogP) is 2.82. The third-order valence-electron chi connectivity index (χ3n) is 2.98. The highest BCUT2D eigenvalue weighted by molar-refractivity contribution is 5.65. The van der Waals surface area contributed by atoms with E-state index >= 15 is 0 Å². The minimum absolute atomic E-state index is 0.0155. The average Bonchev–Trinajstić information content (AvgIpc) is 2.96. The lowest BCUT2D eigenvalue weighted by Crippen LogP contribution is -1.88. The van der Waals surface area contributed by atoms with Crippen molar-refractivity contribution in [3.63, 3.8) is 0 Å². The molecule has 21 heavy (non-hydrogen) atoms. The van der Waals surface area contributed by atoms with Crippen LogP contribution in [0.2, 0.25) is 0 Å². The first kappa shape index (κ1) is 13.1. The molecule has 0 atom stereocenters. The van der Waals surface area contributed by atoms with Crippen LogP contribution < -0.4 is 4.74 Å². The molecule has 6 heteroatoms. The molecule has 0 saturated carbocycles. The Morgan fingerprint density at radius 3 is 2.71 bits per heavy atom. The van der Waals surface area contributed by atoms with E-state index in [1.54, 1.807) is 18.2 Å². The third-order valence-corrected chi connectivity index (χ3v) is 2.98. The zero-order valence-electron chi connectivity index (χ0n) is 11.6. The molecule has 0 aliphatic carbocycles. The lowest BCUT2D eigenvalue weighted by molar-refractivity contribution is 0.405. The molecule has 3 aromatic rings. The van der Waals surface area contributed by atoms with Crippen LogP contribution in [0.25, 0.3) is 23.0 Å². The summed E-state index contributed by atoms with van der Waals surface area (Å²) in [5.41, 5.74) is 1.94. The van der Waals surface area contributed by atoms with Crippen molar-refractivity contribution >= 4 is 0 Å². The number of benzene rings is 1. The molecule has 0 amide bonds. The highest BCUT2D eigenvalue weighted by atomic mass is 16.5. The highest BCUT2D eigenvalue weighted by Gasteiger charge is 2.15. The van der Waals surface area contributed by atoms with Gasteiger partial charge in [-0.05, 0) is 31.2 Å². The van der Waals surface area contributed by atoms with Crippen LogP contribution >= 0.6 is 0 Å². The van der Waals surface area contributed by atoms with Crippen LogP contribution in [0.3, 0.4) is 0 Å².